The molecule has 1 aromatic heterocycles. The predicted octanol–water partition coefficient (Wildman–Crippen LogP) is 0.269. The van der Waals surface area contributed by atoms with E-state index in [1.807, 2.05) is 11.8 Å². The average molecular weight is 251 g/mol. The van der Waals surface area contributed by atoms with E-state index >= 15 is 0 Å². The molecule has 0 aromatic carbocycles. The SMILES string of the molecule is CCN(CC1CCCN1)C(=O)CCn1ccnn1. The first kappa shape index (κ1) is 13.0. The monoisotopic (exact) mass is 251 g/mol. The average Bonchev–Trinajstić information content (AvgIpc) is 3.06. The Morgan fingerprint density at radius 2 is 2.50 bits per heavy atom. The summed E-state index contributed by atoms with van der Waals surface area (Å²) in [6, 6.07) is 0.472. The third-order valence-electron chi connectivity index (χ3n) is 3.36. The van der Waals surface area contributed by atoms with Crippen LogP contribution >= 0.6 is 0 Å². The van der Waals surface area contributed by atoms with Crippen LogP contribution in [-0.4, -0.2) is 51.5 Å². The van der Waals surface area contributed by atoms with Gasteiger partial charge < -0.3 is 10.2 Å². The summed E-state index contributed by atoms with van der Waals surface area (Å²) in [5.41, 5.74) is 0. The van der Waals surface area contributed by atoms with Crippen molar-refractivity contribution in [2.24, 2.45) is 0 Å². The van der Waals surface area contributed by atoms with Crippen molar-refractivity contribution < 1.29 is 4.79 Å². The number of likely N-dealkylation sites (N-methyl/N-ethyl adjacent to an activating group) is 1. The molecule has 1 aliphatic rings. The molecule has 0 radical (unpaired) electrons. The highest BCUT2D eigenvalue weighted by Gasteiger charge is 2.20. The molecule has 1 saturated heterocycles. The third-order valence-corrected chi connectivity index (χ3v) is 3.36. The maximum atomic E-state index is 12.1. The van der Waals surface area contributed by atoms with Crippen LogP contribution < -0.4 is 5.32 Å². The van der Waals surface area contributed by atoms with Crippen molar-refractivity contribution in [1.82, 2.24) is 25.2 Å². The van der Waals surface area contributed by atoms with Gasteiger partial charge in [0.05, 0.1) is 12.7 Å². The molecule has 2 rings (SSSR count). The molecule has 6 heteroatoms. The predicted molar refractivity (Wildman–Crippen MR) is 67.9 cm³/mol. The molecule has 1 aromatic rings. The van der Waals surface area contributed by atoms with Gasteiger partial charge in [0.2, 0.25) is 5.91 Å². The lowest BCUT2D eigenvalue weighted by molar-refractivity contribution is -0.131. The zero-order chi connectivity index (χ0) is 12.8. The molecule has 0 bridgehead atoms. The van der Waals surface area contributed by atoms with Crippen molar-refractivity contribution in [3.8, 4) is 0 Å². The molecule has 100 valence electrons. The molecule has 6 nitrogen and oxygen atoms in total. The highest BCUT2D eigenvalue weighted by atomic mass is 16.2. The van der Waals surface area contributed by atoms with Gasteiger partial charge in [0, 0.05) is 31.7 Å². The lowest BCUT2D eigenvalue weighted by Crippen LogP contribution is -2.41. The van der Waals surface area contributed by atoms with Gasteiger partial charge in [-0.1, -0.05) is 5.21 Å². The number of rotatable bonds is 6. The first-order chi connectivity index (χ1) is 8.79. The van der Waals surface area contributed by atoms with Gasteiger partial charge in [-0.25, -0.2) is 0 Å². The zero-order valence-corrected chi connectivity index (χ0v) is 10.9. The van der Waals surface area contributed by atoms with E-state index in [0.717, 1.165) is 19.6 Å². The summed E-state index contributed by atoms with van der Waals surface area (Å²) in [4.78, 5) is 14.0. The van der Waals surface area contributed by atoms with Crippen molar-refractivity contribution >= 4 is 5.91 Å². The maximum absolute atomic E-state index is 12.1. The number of hydrogen-bond donors (Lipinski definition) is 1. The number of amides is 1. The Balaban J connectivity index is 1.77. The van der Waals surface area contributed by atoms with Crippen LogP contribution in [0, 0.1) is 0 Å². The summed E-state index contributed by atoms with van der Waals surface area (Å²) in [6.07, 6.45) is 6.29. The maximum Gasteiger partial charge on any atom is 0.224 e. The second-order valence-corrected chi connectivity index (χ2v) is 4.64. The van der Waals surface area contributed by atoms with Gasteiger partial charge in [0.15, 0.2) is 0 Å². The van der Waals surface area contributed by atoms with Crippen molar-refractivity contribution in [3.05, 3.63) is 12.4 Å². The van der Waals surface area contributed by atoms with Crippen molar-refractivity contribution in [1.29, 1.82) is 0 Å². The van der Waals surface area contributed by atoms with E-state index in [1.54, 1.807) is 17.1 Å². The van der Waals surface area contributed by atoms with Crippen LogP contribution in [0.4, 0.5) is 0 Å². The summed E-state index contributed by atoms with van der Waals surface area (Å²) in [6.45, 7) is 5.31. The van der Waals surface area contributed by atoms with Gasteiger partial charge in [0.25, 0.3) is 0 Å². The molecule has 2 heterocycles. The fourth-order valence-corrected chi connectivity index (χ4v) is 2.31. The van der Waals surface area contributed by atoms with Crippen LogP contribution in [0.25, 0.3) is 0 Å². The van der Waals surface area contributed by atoms with Crippen molar-refractivity contribution in [3.63, 3.8) is 0 Å². The molecule has 18 heavy (non-hydrogen) atoms. The number of aromatic nitrogens is 3. The van der Waals surface area contributed by atoms with E-state index in [-0.39, 0.29) is 5.91 Å². The Morgan fingerprint density at radius 1 is 1.61 bits per heavy atom. The molecule has 0 spiro atoms. The Labute approximate surface area is 107 Å². The number of hydrogen-bond acceptors (Lipinski definition) is 4. The second kappa shape index (κ2) is 6.49. The standard InChI is InChI=1S/C12H21N5O/c1-2-16(10-11-4-3-6-13-11)12(18)5-8-17-9-7-14-15-17/h7,9,11,13H,2-6,8,10H2,1H3. The number of carbonyl (C=O) groups excluding carboxylic acids is 1. The molecule has 1 atom stereocenters. The van der Waals surface area contributed by atoms with Gasteiger partial charge in [-0.15, -0.1) is 5.10 Å². The highest BCUT2D eigenvalue weighted by molar-refractivity contribution is 5.76. The van der Waals surface area contributed by atoms with Crippen LogP contribution in [0.1, 0.15) is 26.2 Å². The fourth-order valence-electron chi connectivity index (χ4n) is 2.31. The molecular weight excluding hydrogens is 230 g/mol. The van der Waals surface area contributed by atoms with E-state index < -0.39 is 0 Å². The van der Waals surface area contributed by atoms with Gasteiger partial charge in [-0.3, -0.25) is 9.48 Å². The van der Waals surface area contributed by atoms with Crippen LogP contribution in [0.2, 0.25) is 0 Å². The molecular formula is C12H21N5O. The smallest absolute Gasteiger partial charge is 0.224 e. The minimum atomic E-state index is 0.196. The first-order valence-electron chi connectivity index (χ1n) is 6.65. The van der Waals surface area contributed by atoms with E-state index in [0.29, 0.717) is 19.0 Å². The zero-order valence-electron chi connectivity index (χ0n) is 10.9. The number of nitrogens with zero attached hydrogens (tertiary/aromatic N) is 4. The van der Waals surface area contributed by atoms with Crippen molar-refractivity contribution in [2.75, 3.05) is 19.6 Å². The van der Waals surface area contributed by atoms with E-state index in [1.165, 1.54) is 12.8 Å². The summed E-state index contributed by atoms with van der Waals surface area (Å²) in [5.74, 6) is 0.196. The quantitative estimate of drug-likeness (QED) is 0.788. The number of nitrogens with one attached hydrogen (secondary N) is 1. The van der Waals surface area contributed by atoms with Gasteiger partial charge in [-0.2, -0.15) is 0 Å². The Bertz CT molecular complexity index is 359. The summed E-state index contributed by atoms with van der Waals surface area (Å²) < 4.78 is 1.69. The largest absolute Gasteiger partial charge is 0.341 e. The highest BCUT2D eigenvalue weighted by Crippen LogP contribution is 2.08. The lowest BCUT2D eigenvalue weighted by Gasteiger charge is -2.24. The second-order valence-electron chi connectivity index (χ2n) is 4.64. The summed E-state index contributed by atoms with van der Waals surface area (Å²) in [5, 5.41) is 11.0. The van der Waals surface area contributed by atoms with Crippen LogP contribution in [0.5, 0.6) is 0 Å². The summed E-state index contributed by atoms with van der Waals surface area (Å²) >= 11 is 0. The minimum Gasteiger partial charge on any atom is -0.341 e. The van der Waals surface area contributed by atoms with E-state index in [2.05, 4.69) is 15.6 Å². The van der Waals surface area contributed by atoms with Gasteiger partial charge >= 0.3 is 0 Å². The Kier molecular flexibility index (Phi) is 4.69. The third kappa shape index (κ3) is 3.53. The number of carbonyl (C=O) groups is 1. The van der Waals surface area contributed by atoms with E-state index in [4.69, 9.17) is 0 Å². The molecule has 1 unspecified atom stereocenters. The first-order valence-corrected chi connectivity index (χ1v) is 6.65. The fraction of sp³-hybridized carbons (Fsp3) is 0.750. The summed E-state index contributed by atoms with van der Waals surface area (Å²) in [7, 11) is 0. The van der Waals surface area contributed by atoms with Crippen LogP contribution in [0.3, 0.4) is 0 Å². The normalized spacial score (nSPS) is 19.1. The molecule has 1 aliphatic heterocycles. The lowest BCUT2D eigenvalue weighted by atomic mass is 10.2. The van der Waals surface area contributed by atoms with Crippen molar-refractivity contribution in [2.45, 2.75) is 38.8 Å². The molecule has 0 aliphatic carbocycles. The Morgan fingerprint density at radius 3 is 3.11 bits per heavy atom. The molecule has 1 fully saturated rings. The molecule has 1 amide bonds. The minimum absolute atomic E-state index is 0.196. The van der Waals surface area contributed by atoms with Crippen LogP contribution in [-0.2, 0) is 11.3 Å². The molecule has 1 N–H and O–H groups in total. The Hall–Kier alpha value is -1.43. The number of aryl methyl sites for hydroxylation is 1. The van der Waals surface area contributed by atoms with E-state index in [9.17, 15) is 4.79 Å². The van der Waals surface area contributed by atoms with Gasteiger partial charge in [0.1, 0.15) is 0 Å². The van der Waals surface area contributed by atoms with Gasteiger partial charge in [-0.05, 0) is 26.3 Å². The topological polar surface area (TPSA) is 63.1 Å². The molecule has 0 saturated carbocycles. The van der Waals surface area contributed by atoms with Crippen LogP contribution in [0.15, 0.2) is 12.4 Å².